The number of sulfone groups is 1. The van der Waals surface area contributed by atoms with Crippen molar-refractivity contribution < 1.29 is 36.3 Å². The van der Waals surface area contributed by atoms with Crippen molar-refractivity contribution in [2.45, 2.75) is 23.4 Å². The summed E-state index contributed by atoms with van der Waals surface area (Å²) in [7, 11) is -7.28. The van der Waals surface area contributed by atoms with Crippen LogP contribution in [-0.2, 0) is 34.2 Å². The SMILES string of the molecule is O=C(COC(=O)C(CO)NS(=O)(=O)c1ccc(Br)cc1)NC1CCS(=O)(=O)C1. The first-order valence-corrected chi connectivity index (χ1v) is 12.2. The van der Waals surface area contributed by atoms with Crippen LogP contribution in [0.1, 0.15) is 6.42 Å². The van der Waals surface area contributed by atoms with E-state index in [1.165, 1.54) is 24.3 Å². The van der Waals surface area contributed by atoms with E-state index in [1.54, 1.807) is 0 Å². The Labute approximate surface area is 170 Å². The number of ether oxygens (including phenoxy) is 1. The number of amides is 1. The van der Waals surface area contributed by atoms with Crippen molar-refractivity contribution in [3.8, 4) is 0 Å². The number of sulfonamides is 1. The first-order chi connectivity index (χ1) is 13.0. The summed E-state index contributed by atoms with van der Waals surface area (Å²) in [5, 5.41) is 11.7. The Bertz CT molecular complexity index is 931. The molecule has 28 heavy (non-hydrogen) atoms. The number of carbonyl (C=O) groups is 2. The molecule has 1 aromatic carbocycles. The molecule has 0 spiro atoms. The fourth-order valence-corrected chi connectivity index (χ4v) is 5.56. The van der Waals surface area contributed by atoms with Crippen LogP contribution in [0.3, 0.4) is 0 Å². The van der Waals surface area contributed by atoms with E-state index in [0.29, 0.717) is 4.47 Å². The maximum atomic E-state index is 12.3. The van der Waals surface area contributed by atoms with Gasteiger partial charge in [-0.3, -0.25) is 9.59 Å². The summed E-state index contributed by atoms with van der Waals surface area (Å²) in [4.78, 5) is 23.6. The molecule has 1 aliphatic heterocycles. The van der Waals surface area contributed by atoms with Gasteiger partial charge in [0.15, 0.2) is 16.4 Å². The van der Waals surface area contributed by atoms with Gasteiger partial charge in [-0.1, -0.05) is 15.9 Å². The molecule has 1 aliphatic rings. The highest BCUT2D eigenvalue weighted by Gasteiger charge is 2.30. The normalized spacial score (nSPS) is 19.7. The fourth-order valence-electron chi connectivity index (χ4n) is 2.44. The van der Waals surface area contributed by atoms with Crippen LogP contribution < -0.4 is 10.0 Å². The summed E-state index contributed by atoms with van der Waals surface area (Å²) in [6.45, 7) is -1.61. The summed E-state index contributed by atoms with van der Waals surface area (Å²) in [5.74, 6) is -2.07. The van der Waals surface area contributed by atoms with Gasteiger partial charge in [-0.25, -0.2) is 16.8 Å². The van der Waals surface area contributed by atoms with Crippen molar-refractivity contribution in [3.63, 3.8) is 0 Å². The minimum Gasteiger partial charge on any atom is -0.454 e. The third-order valence-corrected chi connectivity index (χ3v) is 7.62. The molecular formula is C15H19BrN2O8S2. The predicted octanol–water partition coefficient (Wildman–Crippen LogP) is -1.07. The van der Waals surface area contributed by atoms with Gasteiger partial charge >= 0.3 is 5.97 Å². The number of aliphatic hydroxyl groups excluding tert-OH is 1. The standard InChI is InChI=1S/C15H19BrN2O8S2/c16-10-1-3-12(4-2-10)28(24,25)18-13(7-19)15(21)26-8-14(20)17-11-5-6-27(22,23)9-11/h1-4,11,13,18-19H,5-9H2,(H,17,20). The molecule has 0 aliphatic carbocycles. The smallest absolute Gasteiger partial charge is 0.327 e. The number of esters is 1. The number of rotatable bonds is 8. The van der Waals surface area contributed by atoms with Crippen molar-refractivity contribution in [1.29, 1.82) is 0 Å². The third kappa shape index (κ3) is 6.51. The molecule has 3 N–H and O–H groups in total. The number of halogens is 1. The molecule has 0 radical (unpaired) electrons. The number of aliphatic hydroxyl groups is 1. The minimum atomic E-state index is -4.10. The van der Waals surface area contributed by atoms with Crippen LogP contribution in [0.5, 0.6) is 0 Å². The lowest BCUT2D eigenvalue weighted by atomic mass is 10.2. The van der Waals surface area contributed by atoms with Crippen molar-refractivity contribution in [1.82, 2.24) is 10.0 Å². The first-order valence-electron chi connectivity index (χ1n) is 8.07. The van der Waals surface area contributed by atoms with E-state index in [9.17, 15) is 31.5 Å². The molecular weight excluding hydrogens is 480 g/mol. The van der Waals surface area contributed by atoms with Crippen molar-refractivity contribution in [3.05, 3.63) is 28.7 Å². The fraction of sp³-hybridized carbons (Fsp3) is 0.467. The largest absolute Gasteiger partial charge is 0.454 e. The molecule has 0 aromatic heterocycles. The van der Waals surface area contributed by atoms with Gasteiger partial charge in [0.1, 0.15) is 6.04 Å². The number of benzene rings is 1. The zero-order valence-electron chi connectivity index (χ0n) is 14.5. The Hall–Kier alpha value is -1.54. The van der Waals surface area contributed by atoms with Crippen LogP contribution in [0, 0.1) is 0 Å². The van der Waals surface area contributed by atoms with E-state index in [1.807, 2.05) is 4.72 Å². The summed E-state index contributed by atoms with van der Waals surface area (Å²) in [6, 6.07) is 3.43. The lowest BCUT2D eigenvalue weighted by molar-refractivity contribution is -0.151. The van der Waals surface area contributed by atoms with Crippen LogP contribution in [0.25, 0.3) is 0 Å². The highest BCUT2D eigenvalue weighted by atomic mass is 79.9. The predicted molar refractivity (Wildman–Crippen MR) is 101 cm³/mol. The van der Waals surface area contributed by atoms with E-state index in [0.717, 1.165) is 0 Å². The Balaban J connectivity index is 1.89. The Morgan fingerprint density at radius 3 is 2.46 bits per heavy atom. The minimum absolute atomic E-state index is 0.0256. The van der Waals surface area contributed by atoms with Crippen LogP contribution in [-0.4, -0.2) is 70.6 Å². The molecule has 1 aromatic rings. The van der Waals surface area contributed by atoms with Gasteiger partial charge < -0.3 is 15.2 Å². The number of hydrogen-bond acceptors (Lipinski definition) is 8. The Kier molecular flexibility index (Phi) is 7.56. The van der Waals surface area contributed by atoms with Crippen molar-refractivity contribution >= 4 is 47.7 Å². The van der Waals surface area contributed by atoms with E-state index in [2.05, 4.69) is 21.2 Å². The molecule has 156 valence electrons. The topological polar surface area (TPSA) is 156 Å². The van der Waals surface area contributed by atoms with E-state index >= 15 is 0 Å². The van der Waals surface area contributed by atoms with E-state index < -0.39 is 57.0 Å². The summed E-state index contributed by atoms with van der Waals surface area (Å²) in [5.41, 5.74) is 0. The average molecular weight is 499 g/mol. The molecule has 0 saturated carbocycles. The zero-order chi connectivity index (χ0) is 20.9. The molecule has 1 saturated heterocycles. The van der Waals surface area contributed by atoms with Gasteiger partial charge in [-0.15, -0.1) is 0 Å². The molecule has 1 amide bonds. The second-order valence-electron chi connectivity index (χ2n) is 6.09. The lowest BCUT2D eigenvalue weighted by Gasteiger charge is -2.16. The average Bonchev–Trinajstić information content (AvgIpc) is 2.96. The molecule has 10 nitrogen and oxygen atoms in total. The van der Waals surface area contributed by atoms with Gasteiger partial charge in [0.25, 0.3) is 5.91 Å². The molecule has 1 fully saturated rings. The van der Waals surface area contributed by atoms with Gasteiger partial charge in [-0.2, -0.15) is 4.72 Å². The summed E-state index contributed by atoms with van der Waals surface area (Å²) >= 11 is 3.17. The quantitative estimate of drug-likeness (QED) is 0.382. The third-order valence-electron chi connectivity index (χ3n) is 3.83. The maximum absolute atomic E-state index is 12.3. The second kappa shape index (κ2) is 9.31. The van der Waals surface area contributed by atoms with Crippen LogP contribution in [0.15, 0.2) is 33.6 Å². The summed E-state index contributed by atoms with van der Waals surface area (Å²) in [6.07, 6.45) is 0.272. The Morgan fingerprint density at radius 2 is 1.93 bits per heavy atom. The van der Waals surface area contributed by atoms with Crippen LogP contribution >= 0.6 is 15.9 Å². The second-order valence-corrected chi connectivity index (χ2v) is 10.9. The molecule has 0 bridgehead atoms. The summed E-state index contributed by atoms with van der Waals surface area (Å²) < 4.78 is 54.6. The number of nitrogens with one attached hydrogen (secondary N) is 2. The zero-order valence-corrected chi connectivity index (χ0v) is 17.7. The molecule has 2 atom stereocenters. The van der Waals surface area contributed by atoms with Crippen LogP contribution in [0.2, 0.25) is 0 Å². The van der Waals surface area contributed by atoms with Gasteiger partial charge in [0, 0.05) is 10.5 Å². The Morgan fingerprint density at radius 1 is 1.29 bits per heavy atom. The van der Waals surface area contributed by atoms with Gasteiger partial charge in [-0.05, 0) is 30.7 Å². The van der Waals surface area contributed by atoms with Gasteiger partial charge in [0.2, 0.25) is 10.0 Å². The van der Waals surface area contributed by atoms with Crippen molar-refractivity contribution in [2.24, 2.45) is 0 Å². The molecule has 13 heteroatoms. The van der Waals surface area contributed by atoms with Crippen LogP contribution in [0.4, 0.5) is 0 Å². The molecule has 1 heterocycles. The van der Waals surface area contributed by atoms with E-state index in [-0.39, 0.29) is 22.8 Å². The maximum Gasteiger partial charge on any atom is 0.327 e. The molecule has 2 rings (SSSR count). The molecule has 2 unspecified atom stereocenters. The number of hydrogen-bond donors (Lipinski definition) is 3. The monoisotopic (exact) mass is 498 g/mol. The van der Waals surface area contributed by atoms with E-state index in [4.69, 9.17) is 4.74 Å². The van der Waals surface area contributed by atoms with Gasteiger partial charge in [0.05, 0.1) is 23.0 Å². The lowest BCUT2D eigenvalue weighted by Crippen LogP contribution is -2.45. The van der Waals surface area contributed by atoms with Crippen molar-refractivity contribution in [2.75, 3.05) is 24.7 Å². The highest BCUT2D eigenvalue weighted by Crippen LogP contribution is 2.15. The first kappa shape index (κ1) is 22.7. The number of carbonyl (C=O) groups excluding carboxylic acids is 2. The highest BCUT2D eigenvalue weighted by molar-refractivity contribution is 9.10.